The fourth-order valence-corrected chi connectivity index (χ4v) is 4.04. The number of nitrogens with zero attached hydrogens (tertiary/aromatic N) is 2. The maximum atomic E-state index is 12.9. The third-order valence-corrected chi connectivity index (χ3v) is 5.78. The summed E-state index contributed by atoms with van der Waals surface area (Å²) in [6.45, 7) is 7.92. The molecule has 0 heterocycles. The van der Waals surface area contributed by atoms with Gasteiger partial charge < -0.3 is 19.1 Å². The highest BCUT2D eigenvalue weighted by Gasteiger charge is 2.57. The highest BCUT2D eigenvalue weighted by molar-refractivity contribution is 5.96. The normalized spacial score (nSPS) is 13.0. The highest BCUT2D eigenvalue weighted by Crippen LogP contribution is 2.51. The molecule has 1 aromatic carbocycles. The average molecular weight is 469 g/mol. The predicted octanol–water partition coefficient (Wildman–Crippen LogP) is 3.99. The van der Waals surface area contributed by atoms with E-state index in [1.54, 1.807) is 46.9 Å². The molecule has 0 N–H and O–H groups in total. The van der Waals surface area contributed by atoms with E-state index in [-0.39, 0.29) is 25.6 Å². The molecule has 0 amide bonds. The van der Waals surface area contributed by atoms with Crippen LogP contribution in [0.1, 0.15) is 46.1 Å². The molecule has 0 bridgehead atoms. The summed E-state index contributed by atoms with van der Waals surface area (Å²) >= 11 is 0. The van der Waals surface area contributed by atoms with Crippen LogP contribution < -0.4 is 4.74 Å². The lowest BCUT2D eigenvalue weighted by atomic mass is 9.55. The van der Waals surface area contributed by atoms with Crippen molar-refractivity contribution in [3.63, 3.8) is 0 Å². The first-order chi connectivity index (χ1) is 14.6. The minimum Gasteiger partial charge on any atom is -0.497 e. The molecule has 0 aliphatic rings. The van der Waals surface area contributed by atoms with Gasteiger partial charge in [-0.15, -0.1) is 12.4 Å². The molecule has 1 unspecified atom stereocenters. The summed E-state index contributed by atoms with van der Waals surface area (Å²) in [5.74, 6) is -2.01. The van der Waals surface area contributed by atoms with Crippen molar-refractivity contribution in [3.05, 3.63) is 29.8 Å². The summed E-state index contributed by atoms with van der Waals surface area (Å²) in [6.07, 6.45) is 1.14. The third kappa shape index (κ3) is 6.60. The lowest BCUT2D eigenvalue weighted by Gasteiger charge is -2.45. The van der Waals surface area contributed by atoms with Crippen LogP contribution in [0.25, 0.3) is 0 Å². The molecule has 180 valence electrons. The first kappa shape index (κ1) is 29.7. The molecule has 0 radical (unpaired) electrons. The van der Waals surface area contributed by atoms with Gasteiger partial charge in [-0.1, -0.05) is 26.0 Å². The number of carbonyl (C=O) groups is 2. The van der Waals surface area contributed by atoms with Gasteiger partial charge >= 0.3 is 11.9 Å². The largest absolute Gasteiger partial charge is 0.497 e. The lowest BCUT2D eigenvalue weighted by molar-refractivity contribution is -0.169. The Labute approximate surface area is 198 Å². The average Bonchev–Trinajstić information content (AvgIpc) is 2.71. The van der Waals surface area contributed by atoms with Crippen LogP contribution in [0.15, 0.2) is 24.3 Å². The van der Waals surface area contributed by atoms with E-state index < -0.39 is 28.7 Å². The van der Waals surface area contributed by atoms with Gasteiger partial charge in [0.2, 0.25) is 0 Å². The number of esters is 2. The Morgan fingerprint density at radius 1 is 1.12 bits per heavy atom. The number of carbonyl (C=O) groups excluding carboxylic acids is 2. The van der Waals surface area contributed by atoms with Crippen molar-refractivity contribution in [1.82, 2.24) is 4.90 Å². The van der Waals surface area contributed by atoms with Gasteiger partial charge in [0.25, 0.3) is 0 Å². The molecule has 1 rings (SSSR count). The van der Waals surface area contributed by atoms with E-state index in [0.717, 1.165) is 6.54 Å². The van der Waals surface area contributed by atoms with Crippen molar-refractivity contribution in [2.24, 2.45) is 11.3 Å². The second-order valence-corrected chi connectivity index (χ2v) is 8.31. The first-order valence-corrected chi connectivity index (χ1v) is 10.6. The Morgan fingerprint density at radius 3 is 2.12 bits per heavy atom. The quantitative estimate of drug-likeness (QED) is 0.338. The summed E-state index contributed by atoms with van der Waals surface area (Å²) in [5.41, 5.74) is -1.60. The molecule has 8 heteroatoms. The van der Waals surface area contributed by atoms with Gasteiger partial charge in [-0.25, -0.2) is 0 Å². The maximum Gasteiger partial charge on any atom is 0.320 e. The minimum atomic E-state index is -1.25. The molecule has 0 aromatic heterocycles. The van der Waals surface area contributed by atoms with E-state index >= 15 is 0 Å². The maximum absolute atomic E-state index is 12.9. The molecular formula is C24H37ClN2O5. The SMILES string of the molecule is CCOC(=O)C(C(=O)OCC)C(C)(C)C(C#N)(CCCN(C)C)c1cccc(OC)c1.Cl. The molecule has 0 spiro atoms. The van der Waals surface area contributed by atoms with Crippen LogP contribution in [0.4, 0.5) is 0 Å². The van der Waals surface area contributed by atoms with Crippen LogP contribution >= 0.6 is 12.4 Å². The second kappa shape index (κ2) is 13.3. The zero-order valence-corrected chi connectivity index (χ0v) is 21.1. The van der Waals surface area contributed by atoms with Gasteiger partial charge in [0.1, 0.15) is 5.75 Å². The van der Waals surface area contributed by atoms with Crippen molar-refractivity contribution in [2.75, 3.05) is 41.0 Å². The predicted molar refractivity (Wildman–Crippen MR) is 126 cm³/mol. The molecule has 1 atom stereocenters. The van der Waals surface area contributed by atoms with Gasteiger partial charge in [0, 0.05) is 5.41 Å². The summed E-state index contributed by atoms with van der Waals surface area (Å²) in [5, 5.41) is 10.6. The number of benzene rings is 1. The topological polar surface area (TPSA) is 88.9 Å². The van der Waals surface area contributed by atoms with Crippen LogP contribution in [-0.4, -0.2) is 57.8 Å². The number of hydrogen-bond acceptors (Lipinski definition) is 7. The molecule has 1 aromatic rings. The number of nitriles is 1. The second-order valence-electron chi connectivity index (χ2n) is 8.31. The number of hydrogen-bond donors (Lipinski definition) is 0. The van der Waals surface area contributed by atoms with Crippen molar-refractivity contribution < 1.29 is 23.8 Å². The van der Waals surface area contributed by atoms with Crippen LogP contribution in [0.5, 0.6) is 5.75 Å². The fourth-order valence-electron chi connectivity index (χ4n) is 4.04. The number of rotatable bonds is 12. The number of ether oxygens (including phenoxy) is 3. The summed E-state index contributed by atoms with van der Waals surface area (Å²) in [7, 11) is 5.49. The highest BCUT2D eigenvalue weighted by atomic mass is 35.5. The Balaban J connectivity index is 0.00000961. The molecule has 7 nitrogen and oxygen atoms in total. The molecule has 0 saturated carbocycles. The molecular weight excluding hydrogens is 432 g/mol. The molecule has 32 heavy (non-hydrogen) atoms. The van der Waals surface area contributed by atoms with Gasteiger partial charge in [-0.2, -0.15) is 5.26 Å². The van der Waals surface area contributed by atoms with Crippen molar-refractivity contribution in [3.8, 4) is 11.8 Å². The molecule has 0 saturated heterocycles. The van der Waals surface area contributed by atoms with E-state index in [2.05, 4.69) is 6.07 Å². The van der Waals surface area contributed by atoms with Crippen LogP contribution in [0.2, 0.25) is 0 Å². The van der Waals surface area contributed by atoms with Crippen molar-refractivity contribution in [1.29, 1.82) is 5.26 Å². The Morgan fingerprint density at radius 2 is 1.69 bits per heavy atom. The third-order valence-electron chi connectivity index (χ3n) is 5.78. The Bertz CT molecular complexity index is 773. The first-order valence-electron chi connectivity index (χ1n) is 10.6. The molecule has 0 aliphatic heterocycles. The van der Waals surface area contributed by atoms with E-state index in [9.17, 15) is 14.9 Å². The van der Waals surface area contributed by atoms with E-state index in [0.29, 0.717) is 24.2 Å². The van der Waals surface area contributed by atoms with E-state index in [1.165, 1.54) is 0 Å². The Kier molecular flexibility index (Phi) is 12.3. The number of methoxy groups -OCH3 is 1. The van der Waals surface area contributed by atoms with Gasteiger partial charge in [0.05, 0.1) is 31.8 Å². The summed E-state index contributed by atoms with van der Waals surface area (Å²) in [6, 6.07) is 9.74. The van der Waals surface area contributed by atoms with Crippen molar-refractivity contribution in [2.45, 2.75) is 46.0 Å². The van der Waals surface area contributed by atoms with Crippen LogP contribution in [0.3, 0.4) is 0 Å². The zero-order valence-electron chi connectivity index (χ0n) is 20.3. The van der Waals surface area contributed by atoms with Crippen LogP contribution in [-0.2, 0) is 24.5 Å². The summed E-state index contributed by atoms with van der Waals surface area (Å²) in [4.78, 5) is 27.9. The van der Waals surface area contributed by atoms with Crippen molar-refractivity contribution >= 4 is 24.3 Å². The van der Waals surface area contributed by atoms with Gasteiger partial charge in [0.15, 0.2) is 5.92 Å². The minimum absolute atomic E-state index is 0. The van der Waals surface area contributed by atoms with Crippen LogP contribution in [0, 0.1) is 22.7 Å². The zero-order chi connectivity index (χ0) is 23.7. The van der Waals surface area contributed by atoms with E-state index in [4.69, 9.17) is 14.2 Å². The van der Waals surface area contributed by atoms with E-state index in [1.807, 2.05) is 31.1 Å². The summed E-state index contributed by atoms with van der Waals surface area (Å²) < 4.78 is 15.9. The standard InChI is InChI=1S/C24H36N2O5.ClH/c1-8-30-21(27)20(22(28)31-9-2)23(3,4)24(17-25,14-11-15-26(5)6)18-12-10-13-19(16-18)29-7;/h10,12-13,16,20H,8-9,11,14-15H2,1-7H3;1H. The molecule has 0 aliphatic carbocycles. The lowest BCUT2D eigenvalue weighted by Crippen LogP contribution is -2.52. The molecule has 0 fully saturated rings. The van der Waals surface area contributed by atoms with Gasteiger partial charge in [-0.05, 0) is 65.0 Å². The monoisotopic (exact) mass is 468 g/mol. The smallest absolute Gasteiger partial charge is 0.320 e. The Hall–Kier alpha value is -2.30. The fraction of sp³-hybridized carbons (Fsp3) is 0.625. The van der Waals surface area contributed by atoms with Gasteiger partial charge in [-0.3, -0.25) is 9.59 Å². The number of halogens is 1.